The highest BCUT2D eigenvalue weighted by Gasteiger charge is 2.24. The van der Waals surface area contributed by atoms with Crippen molar-refractivity contribution in [1.82, 2.24) is 15.2 Å². The molecular weight excluding hydrogens is 422 g/mol. The predicted molar refractivity (Wildman–Crippen MR) is 125 cm³/mol. The number of methoxy groups -OCH3 is 1. The van der Waals surface area contributed by atoms with E-state index in [0.717, 1.165) is 29.8 Å². The molecule has 8 heteroatoms. The molecule has 33 heavy (non-hydrogen) atoms. The van der Waals surface area contributed by atoms with Gasteiger partial charge in [0.05, 0.1) is 31.2 Å². The van der Waals surface area contributed by atoms with Crippen LogP contribution in [0.25, 0.3) is 11.3 Å². The minimum Gasteiger partial charge on any atom is -0.492 e. The summed E-state index contributed by atoms with van der Waals surface area (Å²) in [6.07, 6.45) is 3.17. The van der Waals surface area contributed by atoms with Crippen LogP contribution in [0.15, 0.2) is 42.6 Å². The fourth-order valence-corrected chi connectivity index (χ4v) is 3.57. The van der Waals surface area contributed by atoms with E-state index in [2.05, 4.69) is 10.3 Å². The number of amides is 2. The summed E-state index contributed by atoms with van der Waals surface area (Å²) in [5, 5.41) is 2.80. The SMILES string of the molecule is COCCNC(=O)c1ccc(-c2ccc(OCC3CCN(C(=O)OC(C)C)CC3)cn2)cc1. The Labute approximate surface area is 195 Å². The summed E-state index contributed by atoms with van der Waals surface area (Å²) in [5.74, 6) is 0.989. The third-order valence-electron chi connectivity index (χ3n) is 5.47. The molecule has 1 saturated heterocycles. The predicted octanol–water partition coefficient (Wildman–Crippen LogP) is 3.76. The van der Waals surface area contributed by atoms with E-state index in [4.69, 9.17) is 14.2 Å². The number of hydrogen-bond donors (Lipinski definition) is 1. The molecular formula is C25H33N3O5. The molecule has 178 valence electrons. The molecule has 3 rings (SSSR count). The van der Waals surface area contributed by atoms with Crippen molar-refractivity contribution in [2.45, 2.75) is 32.8 Å². The second-order valence-electron chi connectivity index (χ2n) is 8.38. The zero-order valence-corrected chi connectivity index (χ0v) is 19.6. The largest absolute Gasteiger partial charge is 0.492 e. The van der Waals surface area contributed by atoms with Crippen LogP contribution in [0.1, 0.15) is 37.0 Å². The molecule has 2 heterocycles. The number of piperidine rings is 1. The number of carbonyl (C=O) groups is 2. The molecule has 8 nitrogen and oxygen atoms in total. The molecule has 0 atom stereocenters. The van der Waals surface area contributed by atoms with Gasteiger partial charge in [0, 0.05) is 37.9 Å². The number of pyridine rings is 1. The summed E-state index contributed by atoms with van der Waals surface area (Å²) in [4.78, 5) is 30.3. The van der Waals surface area contributed by atoms with Crippen LogP contribution in [0.2, 0.25) is 0 Å². The van der Waals surface area contributed by atoms with Crippen LogP contribution < -0.4 is 10.1 Å². The van der Waals surface area contributed by atoms with E-state index < -0.39 is 0 Å². The first-order valence-electron chi connectivity index (χ1n) is 11.4. The number of benzene rings is 1. The smallest absolute Gasteiger partial charge is 0.410 e. The maximum Gasteiger partial charge on any atom is 0.410 e. The van der Waals surface area contributed by atoms with Crippen LogP contribution in [0.4, 0.5) is 4.79 Å². The van der Waals surface area contributed by atoms with Crippen molar-refractivity contribution in [3.63, 3.8) is 0 Å². The van der Waals surface area contributed by atoms with Crippen molar-refractivity contribution in [2.24, 2.45) is 5.92 Å². The van der Waals surface area contributed by atoms with Crippen LogP contribution >= 0.6 is 0 Å². The number of hydrogen-bond acceptors (Lipinski definition) is 6. The van der Waals surface area contributed by atoms with E-state index in [1.165, 1.54) is 0 Å². The summed E-state index contributed by atoms with van der Waals surface area (Å²) >= 11 is 0. The van der Waals surface area contributed by atoms with Gasteiger partial charge in [0.15, 0.2) is 0 Å². The topological polar surface area (TPSA) is 90.0 Å². The number of nitrogens with zero attached hydrogens (tertiary/aromatic N) is 2. The zero-order chi connectivity index (χ0) is 23.6. The second-order valence-corrected chi connectivity index (χ2v) is 8.38. The molecule has 0 unspecified atom stereocenters. The van der Waals surface area contributed by atoms with E-state index in [9.17, 15) is 9.59 Å². The standard InChI is InChI=1S/C25H33N3O5/c1-18(2)33-25(30)28-13-10-19(11-14-28)17-32-22-8-9-23(27-16-22)20-4-6-21(7-5-20)24(29)26-12-15-31-3/h4-9,16,18-19H,10-15,17H2,1-3H3,(H,26,29). The average Bonchev–Trinajstić information content (AvgIpc) is 2.83. The number of rotatable bonds is 9. The third-order valence-corrected chi connectivity index (χ3v) is 5.47. The summed E-state index contributed by atoms with van der Waals surface area (Å²) in [6, 6.07) is 11.1. The highest BCUT2D eigenvalue weighted by atomic mass is 16.6. The van der Waals surface area contributed by atoms with Crippen LogP contribution in [0.3, 0.4) is 0 Å². The molecule has 1 N–H and O–H groups in total. The fourth-order valence-electron chi connectivity index (χ4n) is 3.57. The number of ether oxygens (including phenoxy) is 3. The molecule has 0 saturated carbocycles. The van der Waals surface area contributed by atoms with Crippen molar-refractivity contribution in [1.29, 1.82) is 0 Å². The number of nitrogens with one attached hydrogen (secondary N) is 1. The van der Waals surface area contributed by atoms with Crippen LogP contribution in [0.5, 0.6) is 5.75 Å². The van der Waals surface area contributed by atoms with E-state index in [-0.39, 0.29) is 18.1 Å². The van der Waals surface area contributed by atoms with Crippen LogP contribution in [-0.4, -0.2) is 67.9 Å². The van der Waals surface area contributed by atoms with E-state index in [1.807, 2.05) is 38.1 Å². The normalized spacial score (nSPS) is 14.2. The fraction of sp³-hybridized carbons (Fsp3) is 0.480. The first kappa shape index (κ1) is 24.5. The van der Waals surface area contributed by atoms with E-state index in [1.54, 1.807) is 30.3 Å². The maximum absolute atomic E-state index is 12.1. The lowest BCUT2D eigenvalue weighted by molar-refractivity contribution is 0.0608. The number of likely N-dealkylation sites (tertiary alicyclic amines) is 1. The first-order chi connectivity index (χ1) is 16.0. The van der Waals surface area contributed by atoms with Gasteiger partial charge < -0.3 is 24.4 Å². The molecule has 1 aliphatic heterocycles. The Balaban J connectivity index is 1.45. The van der Waals surface area contributed by atoms with Crippen molar-refractivity contribution in [2.75, 3.05) is 40.0 Å². The molecule has 2 amide bonds. The lowest BCUT2D eigenvalue weighted by atomic mass is 9.98. The van der Waals surface area contributed by atoms with Crippen molar-refractivity contribution >= 4 is 12.0 Å². The van der Waals surface area contributed by atoms with Crippen molar-refractivity contribution < 1.29 is 23.8 Å². The van der Waals surface area contributed by atoms with Gasteiger partial charge in [-0.3, -0.25) is 9.78 Å². The van der Waals surface area contributed by atoms with E-state index in [0.29, 0.717) is 44.3 Å². The van der Waals surface area contributed by atoms with E-state index >= 15 is 0 Å². The van der Waals surface area contributed by atoms with Gasteiger partial charge in [-0.25, -0.2) is 4.79 Å². The third kappa shape index (κ3) is 7.46. The zero-order valence-electron chi connectivity index (χ0n) is 19.6. The average molecular weight is 456 g/mol. The Morgan fingerprint density at radius 1 is 1.12 bits per heavy atom. The highest BCUT2D eigenvalue weighted by Crippen LogP contribution is 2.23. The quantitative estimate of drug-likeness (QED) is 0.579. The summed E-state index contributed by atoms with van der Waals surface area (Å²) in [7, 11) is 1.60. The van der Waals surface area contributed by atoms with Crippen molar-refractivity contribution in [3.05, 3.63) is 48.2 Å². The Bertz CT molecular complexity index is 891. The molecule has 0 bridgehead atoms. The molecule has 0 spiro atoms. The van der Waals surface area contributed by atoms with Gasteiger partial charge in [0.1, 0.15) is 5.75 Å². The van der Waals surface area contributed by atoms with Crippen LogP contribution in [0, 0.1) is 5.92 Å². The molecule has 1 aliphatic rings. The van der Waals surface area contributed by atoms with Crippen molar-refractivity contribution in [3.8, 4) is 17.0 Å². The van der Waals surface area contributed by atoms with Gasteiger partial charge in [0.2, 0.25) is 0 Å². The summed E-state index contributed by atoms with van der Waals surface area (Å²) in [6.45, 7) is 6.65. The lowest BCUT2D eigenvalue weighted by Crippen LogP contribution is -2.40. The molecule has 1 fully saturated rings. The molecule has 1 aromatic carbocycles. The lowest BCUT2D eigenvalue weighted by Gasteiger charge is -2.31. The minimum atomic E-state index is -0.232. The highest BCUT2D eigenvalue weighted by molar-refractivity contribution is 5.94. The summed E-state index contributed by atoms with van der Waals surface area (Å²) < 4.78 is 16.1. The minimum absolute atomic E-state index is 0.0995. The Morgan fingerprint density at radius 3 is 2.45 bits per heavy atom. The monoisotopic (exact) mass is 455 g/mol. The molecule has 0 aliphatic carbocycles. The Kier molecular flexibility index (Phi) is 9.06. The molecule has 1 aromatic heterocycles. The van der Waals surface area contributed by atoms with Gasteiger partial charge in [-0.15, -0.1) is 0 Å². The maximum atomic E-state index is 12.1. The second kappa shape index (κ2) is 12.2. The summed E-state index contributed by atoms with van der Waals surface area (Å²) in [5.41, 5.74) is 2.33. The van der Waals surface area contributed by atoms with Gasteiger partial charge in [0.25, 0.3) is 5.91 Å². The number of carbonyl (C=O) groups excluding carboxylic acids is 2. The van der Waals surface area contributed by atoms with Gasteiger partial charge >= 0.3 is 6.09 Å². The molecule has 2 aromatic rings. The Morgan fingerprint density at radius 2 is 1.85 bits per heavy atom. The Hall–Kier alpha value is -3.13. The van der Waals surface area contributed by atoms with Gasteiger partial charge in [-0.2, -0.15) is 0 Å². The number of aromatic nitrogens is 1. The first-order valence-corrected chi connectivity index (χ1v) is 11.4. The van der Waals surface area contributed by atoms with Gasteiger partial charge in [-0.05, 0) is 56.9 Å². The van der Waals surface area contributed by atoms with Crippen LogP contribution in [-0.2, 0) is 9.47 Å². The van der Waals surface area contributed by atoms with Gasteiger partial charge in [-0.1, -0.05) is 12.1 Å². The molecule has 0 radical (unpaired) electrons.